The van der Waals surface area contributed by atoms with Crippen molar-refractivity contribution in [2.24, 2.45) is 5.73 Å². The smallest absolute Gasteiger partial charge is 0.284 e. The fourth-order valence-corrected chi connectivity index (χ4v) is 2.51. The molecule has 0 bridgehead atoms. The van der Waals surface area contributed by atoms with Gasteiger partial charge in [-0.2, -0.15) is 0 Å². The van der Waals surface area contributed by atoms with Gasteiger partial charge in [0.1, 0.15) is 18.1 Å². The molecule has 0 saturated heterocycles. The van der Waals surface area contributed by atoms with Crippen molar-refractivity contribution in [3.63, 3.8) is 0 Å². The lowest BCUT2D eigenvalue weighted by molar-refractivity contribution is 0.0967. The molecule has 0 spiro atoms. The van der Waals surface area contributed by atoms with Gasteiger partial charge in [0.05, 0.1) is 7.11 Å². The molecular formula is C20H17NO5. The standard InChI is InChI=1S/C20H17NO5/c1-24-16-6-2-13(3-7-16)14-4-8-17(9-5-14)25-12-15-10-18(11-22)26-19(15)20(21)23/h2-11H,12H2,1H3,(H2,21,23). The van der Waals surface area contributed by atoms with Crippen molar-refractivity contribution in [3.8, 4) is 22.6 Å². The predicted molar refractivity (Wildman–Crippen MR) is 95.4 cm³/mol. The maximum Gasteiger partial charge on any atom is 0.284 e. The van der Waals surface area contributed by atoms with Crippen LogP contribution in [0.2, 0.25) is 0 Å². The number of rotatable bonds is 7. The molecule has 2 aromatic carbocycles. The number of aldehydes is 1. The van der Waals surface area contributed by atoms with Crippen molar-refractivity contribution in [1.82, 2.24) is 0 Å². The number of primary amides is 1. The quantitative estimate of drug-likeness (QED) is 0.658. The number of nitrogens with two attached hydrogens (primary N) is 1. The Balaban J connectivity index is 1.70. The van der Waals surface area contributed by atoms with Gasteiger partial charge in [0.25, 0.3) is 5.91 Å². The molecule has 0 radical (unpaired) electrons. The van der Waals surface area contributed by atoms with E-state index in [1.54, 1.807) is 7.11 Å². The first-order chi connectivity index (χ1) is 12.6. The zero-order chi connectivity index (χ0) is 18.5. The molecule has 2 N–H and O–H groups in total. The van der Waals surface area contributed by atoms with Gasteiger partial charge in [-0.15, -0.1) is 0 Å². The van der Waals surface area contributed by atoms with Crippen LogP contribution in [0.25, 0.3) is 11.1 Å². The molecule has 0 unspecified atom stereocenters. The average Bonchev–Trinajstić information content (AvgIpc) is 3.11. The summed E-state index contributed by atoms with van der Waals surface area (Å²) in [6.45, 7) is 0.0670. The molecule has 6 heteroatoms. The predicted octanol–water partition coefficient (Wildman–Crippen LogP) is 3.45. The summed E-state index contributed by atoms with van der Waals surface area (Å²) >= 11 is 0. The van der Waals surface area contributed by atoms with Crippen LogP contribution in [0.3, 0.4) is 0 Å². The van der Waals surface area contributed by atoms with Crippen molar-refractivity contribution in [2.75, 3.05) is 7.11 Å². The van der Waals surface area contributed by atoms with Gasteiger partial charge in [0, 0.05) is 5.56 Å². The third-order valence-corrected chi connectivity index (χ3v) is 3.84. The Morgan fingerprint density at radius 3 is 2.12 bits per heavy atom. The average molecular weight is 351 g/mol. The van der Waals surface area contributed by atoms with Gasteiger partial charge in [0.2, 0.25) is 0 Å². The highest BCUT2D eigenvalue weighted by atomic mass is 16.5. The van der Waals surface area contributed by atoms with Crippen LogP contribution in [0.4, 0.5) is 0 Å². The molecule has 132 valence electrons. The fourth-order valence-electron chi connectivity index (χ4n) is 2.51. The van der Waals surface area contributed by atoms with Crippen molar-refractivity contribution in [3.05, 3.63) is 71.7 Å². The highest BCUT2D eigenvalue weighted by Gasteiger charge is 2.16. The highest BCUT2D eigenvalue weighted by molar-refractivity contribution is 5.92. The zero-order valence-electron chi connectivity index (χ0n) is 14.1. The molecule has 1 heterocycles. The molecule has 26 heavy (non-hydrogen) atoms. The Morgan fingerprint density at radius 2 is 1.62 bits per heavy atom. The summed E-state index contributed by atoms with van der Waals surface area (Å²) in [5.74, 6) is 0.640. The van der Waals surface area contributed by atoms with Crippen LogP contribution < -0.4 is 15.2 Å². The molecule has 3 aromatic rings. The molecule has 3 rings (SSSR count). The third-order valence-electron chi connectivity index (χ3n) is 3.84. The van der Waals surface area contributed by atoms with E-state index in [1.165, 1.54) is 6.07 Å². The summed E-state index contributed by atoms with van der Waals surface area (Å²) in [4.78, 5) is 22.1. The van der Waals surface area contributed by atoms with Crippen molar-refractivity contribution in [2.45, 2.75) is 6.61 Å². The van der Waals surface area contributed by atoms with Crippen LogP contribution in [0, 0.1) is 0 Å². The lowest BCUT2D eigenvalue weighted by Crippen LogP contribution is -2.12. The van der Waals surface area contributed by atoms with E-state index in [1.807, 2.05) is 48.5 Å². The van der Waals surface area contributed by atoms with E-state index in [0.29, 0.717) is 17.6 Å². The van der Waals surface area contributed by atoms with E-state index in [2.05, 4.69) is 0 Å². The van der Waals surface area contributed by atoms with Gasteiger partial charge >= 0.3 is 0 Å². The van der Waals surface area contributed by atoms with Crippen molar-refractivity contribution >= 4 is 12.2 Å². The van der Waals surface area contributed by atoms with Crippen LogP contribution in [-0.4, -0.2) is 19.3 Å². The van der Waals surface area contributed by atoms with E-state index >= 15 is 0 Å². The Hall–Kier alpha value is -3.54. The maximum absolute atomic E-state index is 11.4. The molecule has 1 aromatic heterocycles. The second kappa shape index (κ2) is 7.57. The molecule has 0 fully saturated rings. The largest absolute Gasteiger partial charge is 0.497 e. The number of hydrogen-bond donors (Lipinski definition) is 1. The molecule has 1 amide bonds. The van der Waals surface area contributed by atoms with Crippen LogP contribution in [-0.2, 0) is 6.61 Å². The molecular weight excluding hydrogens is 334 g/mol. The molecule has 0 aliphatic heterocycles. The van der Waals surface area contributed by atoms with Crippen molar-refractivity contribution in [1.29, 1.82) is 0 Å². The number of hydrogen-bond acceptors (Lipinski definition) is 5. The molecule has 0 saturated carbocycles. The van der Waals surface area contributed by atoms with Crippen LogP contribution in [0.1, 0.15) is 26.7 Å². The zero-order valence-corrected chi connectivity index (χ0v) is 14.1. The second-order valence-electron chi connectivity index (χ2n) is 5.53. The summed E-state index contributed by atoms with van der Waals surface area (Å²) in [7, 11) is 1.63. The molecule has 0 atom stereocenters. The number of carbonyl (C=O) groups excluding carboxylic acids is 2. The lowest BCUT2D eigenvalue weighted by Gasteiger charge is -2.08. The minimum atomic E-state index is -0.744. The summed E-state index contributed by atoms with van der Waals surface area (Å²) in [5, 5.41) is 0. The van der Waals surface area contributed by atoms with Gasteiger partial charge in [-0.25, -0.2) is 0 Å². The number of ether oxygens (including phenoxy) is 2. The summed E-state index contributed by atoms with van der Waals surface area (Å²) in [5.41, 5.74) is 7.76. The number of carbonyl (C=O) groups is 2. The minimum Gasteiger partial charge on any atom is -0.497 e. The van der Waals surface area contributed by atoms with Crippen LogP contribution in [0.5, 0.6) is 11.5 Å². The molecule has 0 aliphatic carbocycles. The van der Waals surface area contributed by atoms with Gasteiger partial charge in [0.15, 0.2) is 17.8 Å². The topological polar surface area (TPSA) is 91.8 Å². The number of furan rings is 1. The fraction of sp³-hybridized carbons (Fsp3) is 0.100. The molecule has 0 aliphatic rings. The van der Waals surface area contributed by atoms with E-state index in [4.69, 9.17) is 19.6 Å². The first kappa shape index (κ1) is 17.3. The third kappa shape index (κ3) is 3.75. The first-order valence-corrected chi connectivity index (χ1v) is 7.85. The lowest BCUT2D eigenvalue weighted by atomic mass is 10.1. The van der Waals surface area contributed by atoms with E-state index in [-0.39, 0.29) is 18.1 Å². The SMILES string of the molecule is COc1ccc(-c2ccc(OCc3cc(C=O)oc3C(N)=O)cc2)cc1. The number of amides is 1. The van der Waals surface area contributed by atoms with Crippen LogP contribution in [0.15, 0.2) is 59.0 Å². The normalized spacial score (nSPS) is 10.3. The van der Waals surface area contributed by atoms with Gasteiger partial charge in [-0.1, -0.05) is 24.3 Å². The minimum absolute atomic E-state index is 0.0345. The highest BCUT2D eigenvalue weighted by Crippen LogP contribution is 2.25. The Bertz CT molecular complexity index is 910. The van der Waals surface area contributed by atoms with E-state index in [9.17, 15) is 9.59 Å². The summed E-state index contributed by atoms with van der Waals surface area (Å²) < 4.78 is 15.9. The van der Waals surface area contributed by atoms with E-state index in [0.717, 1.165) is 16.9 Å². The van der Waals surface area contributed by atoms with Crippen molar-refractivity contribution < 1.29 is 23.5 Å². The number of methoxy groups -OCH3 is 1. The van der Waals surface area contributed by atoms with Gasteiger partial charge in [-0.05, 0) is 41.5 Å². The Morgan fingerprint density at radius 1 is 1.04 bits per heavy atom. The summed E-state index contributed by atoms with van der Waals surface area (Å²) in [6.07, 6.45) is 0.513. The monoisotopic (exact) mass is 351 g/mol. The van der Waals surface area contributed by atoms with E-state index < -0.39 is 5.91 Å². The first-order valence-electron chi connectivity index (χ1n) is 7.85. The van der Waals surface area contributed by atoms with Crippen LogP contribution >= 0.6 is 0 Å². The van der Waals surface area contributed by atoms with Gasteiger partial charge < -0.3 is 19.6 Å². The van der Waals surface area contributed by atoms with Gasteiger partial charge in [-0.3, -0.25) is 9.59 Å². The summed E-state index contributed by atoms with van der Waals surface area (Å²) in [6, 6.07) is 16.7. The molecule has 6 nitrogen and oxygen atoms in total. The maximum atomic E-state index is 11.4. The second-order valence-corrected chi connectivity index (χ2v) is 5.53. The Labute approximate surface area is 150 Å². The number of benzene rings is 2. The Kier molecular flexibility index (Phi) is 5.03.